The van der Waals surface area contributed by atoms with Crippen molar-refractivity contribution in [2.24, 2.45) is 0 Å². The van der Waals surface area contributed by atoms with Crippen LogP contribution in [0.5, 0.6) is 0 Å². The van der Waals surface area contributed by atoms with Crippen LogP contribution in [0.25, 0.3) is 0 Å². The Balaban J connectivity index is 2.42. The van der Waals surface area contributed by atoms with Crippen LogP contribution in [0.4, 0.5) is 10.1 Å². The second-order valence-corrected chi connectivity index (χ2v) is 12.0. The van der Waals surface area contributed by atoms with Crippen LogP contribution in [0.1, 0.15) is 65.4 Å². The molecule has 1 aromatic rings. The van der Waals surface area contributed by atoms with Gasteiger partial charge in [0.15, 0.2) is 0 Å². The van der Waals surface area contributed by atoms with Gasteiger partial charge in [-0.15, -0.1) is 16.5 Å². The van der Waals surface area contributed by atoms with Crippen LogP contribution in [0.2, 0.25) is 0 Å². The summed E-state index contributed by atoms with van der Waals surface area (Å²) in [5, 5.41) is 21.0. The Morgan fingerprint density at radius 2 is 1.93 bits per heavy atom. The maximum atomic E-state index is 14.8. The molecule has 0 radical (unpaired) electrons. The molecular weight excluding hydrogens is 413 g/mol. The van der Waals surface area contributed by atoms with E-state index in [0.29, 0.717) is 0 Å². The summed E-state index contributed by atoms with van der Waals surface area (Å²) in [6, 6.07) is 5.81. The van der Waals surface area contributed by atoms with E-state index in [0.717, 1.165) is 44.2 Å². The zero-order chi connectivity index (χ0) is 21.9. The maximum absolute atomic E-state index is 14.8. The number of nitrogens with one attached hydrogen (secondary N) is 1. The second kappa shape index (κ2) is 9.21. The zero-order valence-electron chi connectivity index (χ0n) is 17.3. The van der Waals surface area contributed by atoms with Gasteiger partial charge < -0.3 is 4.55 Å². The monoisotopic (exact) mass is 441 g/mol. The standard InChI is InChI=1S/C20H28FN3O3S2/c1-18(2,3)29(27)23-19(4,14-28-20(13-22)10-6-5-7-11-20)16-12-15(24(25)26)8-9-17(16)21/h8-9,12,23H,5-7,10-11,14H2,1-4H3/t19-,29?/m0/s1. The van der Waals surface area contributed by atoms with E-state index in [9.17, 15) is 24.3 Å². The number of nitrogens with zero attached hydrogens (tertiary/aromatic N) is 2. The molecule has 160 valence electrons. The molecule has 1 N–H and O–H groups in total. The summed E-state index contributed by atoms with van der Waals surface area (Å²) in [4.78, 5) is 10.7. The lowest BCUT2D eigenvalue weighted by Crippen LogP contribution is -2.52. The zero-order valence-corrected chi connectivity index (χ0v) is 18.9. The fourth-order valence-corrected chi connectivity index (χ4v) is 5.69. The maximum Gasteiger partial charge on any atom is 0.269 e. The predicted molar refractivity (Wildman–Crippen MR) is 115 cm³/mol. The molecule has 0 aromatic heterocycles. The van der Waals surface area contributed by atoms with Gasteiger partial charge in [0, 0.05) is 34.8 Å². The number of benzene rings is 1. The first-order chi connectivity index (χ1) is 13.4. The van der Waals surface area contributed by atoms with E-state index in [1.165, 1.54) is 17.8 Å². The average molecular weight is 442 g/mol. The van der Waals surface area contributed by atoms with Crippen molar-refractivity contribution in [3.63, 3.8) is 0 Å². The van der Waals surface area contributed by atoms with Gasteiger partial charge >= 0.3 is 0 Å². The van der Waals surface area contributed by atoms with Crippen molar-refractivity contribution < 1.29 is 13.9 Å². The van der Waals surface area contributed by atoms with E-state index in [2.05, 4.69) is 10.8 Å². The van der Waals surface area contributed by atoms with Crippen molar-refractivity contribution in [1.82, 2.24) is 4.72 Å². The fourth-order valence-electron chi connectivity index (χ4n) is 3.26. The Hall–Kier alpha value is -1.34. The molecule has 1 aromatic carbocycles. The third-order valence-electron chi connectivity index (χ3n) is 5.13. The molecule has 9 heteroatoms. The van der Waals surface area contributed by atoms with Gasteiger partial charge in [-0.1, -0.05) is 19.3 Å². The summed E-state index contributed by atoms with van der Waals surface area (Å²) in [6.07, 6.45) is 4.52. The van der Waals surface area contributed by atoms with E-state index in [4.69, 9.17) is 0 Å². The Labute approximate surface area is 179 Å². The quantitative estimate of drug-likeness (QED) is 0.364. The third kappa shape index (κ3) is 5.85. The third-order valence-corrected chi connectivity index (χ3v) is 8.65. The van der Waals surface area contributed by atoms with Crippen LogP contribution in [-0.2, 0) is 16.9 Å². The molecule has 0 heterocycles. The van der Waals surface area contributed by atoms with Crippen LogP contribution < -0.4 is 4.72 Å². The lowest BCUT2D eigenvalue weighted by atomic mass is 9.89. The Bertz CT molecular complexity index is 788. The van der Waals surface area contributed by atoms with Gasteiger partial charge in [0.05, 0.1) is 16.5 Å². The molecule has 0 amide bonds. The number of rotatable bonds is 7. The molecular formula is C20H28FN3O3S2. The van der Waals surface area contributed by atoms with Crippen LogP contribution in [-0.4, -0.2) is 24.7 Å². The lowest BCUT2D eigenvalue weighted by Gasteiger charge is -2.38. The molecule has 2 rings (SSSR count). The molecule has 1 fully saturated rings. The molecule has 1 aliphatic carbocycles. The van der Waals surface area contributed by atoms with Crippen LogP contribution >= 0.6 is 11.8 Å². The van der Waals surface area contributed by atoms with Crippen molar-refractivity contribution in [2.75, 3.05) is 5.75 Å². The van der Waals surface area contributed by atoms with Gasteiger partial charge in [0.25, 0.3) is 5.69 Å². The summed E-state index contributed by atoms with van der Waals surface area (Å²) in [6.45, 7) is 7.09. The van der Waals surface area contributed by atoms with Crippen molar-refractivity contribution in [3.05, 3.63) is 39.7 Å². The highest BCUT2D eigenvalue weighted by Crippen LogP contribution is 2.43. The molecule has 1 unspecified atom stereocenters. The van der Waals surface area contributed by atoms with Gasteiger partial charge in [-0.2, -0.15) is 5.26 Å². The van der Waals surface area contributed by atoms with Gasteiger partial charge in [-0.05, 0) is 46.6 Å². The minimum absolute atomic E-state index is 0.0840. The van der Waals surface area contributed by atoms with Gasteiger partial charge in [-0.3, -0.25) is 10.1 Å². The second-order valence-electron chi connectivity index (χ2n) is 8.69. The number of halogens is 1. The first-order valence-corrected chi connectivity index (χ1v) is 11.8. The minimum atomic E-state index is -1.54. The smallest absolute Gasteiger partial charge is 0.269 e. The topological polar surface area (TPSA) is 102 Å². The number of hydrogen-bond donors (Lipinski definition) is 1. The van der Waals surface area contributed by atoms with Crippen LogP contribution in [0.15, 0.2) is 18.2 Å². The molecule has 1 saturated carbocycles. The summed E-state index contributed by atoms with van der Waals surface area (Å²) in [5.74, 6) is -0.340. The van der Waals surface area contributed by atoms with E-state index >= 15 is 0 Å². The Kier molecular flexibility index (Phi) is 7.60. The van der Waals surface area contributed by atoms with Crippen molar-refractivity contribution in [3.8, 4) is 6.07 Å². The summed E-state index contributed by atoms with van der Waals surface area (Å²) in [5.41, 5.74) is -1.30. The number of non-ortho nitro benzene ring substituents is 1. The Morgan fingerprint density at radius 3 is 2.45 bits per heavy atom. The number of nitro benzene ring substituents is 1. The summed E-state index contributed by atoms with van der Waals surface area (Å²) >= 11 is -0.110. The number of hydrogen-bond acceptors (Lipinski definition) is 6. The molecule has 0 saturated heterocycles. The summed E-state index contributed by atoms with van der Waals surface area (Å²) in [7, 11) is 0. The average Bonchev–Trinajstić information content (AvgIpc) is 2.66. The molecule has 0 spiro atoms. The highest BCUT2D eigenvalue weighted by molar-refractivity contribution is 8.01. The van der Waals surface area contributed by atoms with Gasteiger partial charge in [0.1, 0.15) is 15.3 Å². The van der Waals surface area contributed by atoms with Crippen molar-refractivity contribution in [1.29, 1.82) is 5.26 Å². The molecule has 29 heavy (non-hydrogen) atoms. The van der Waals surface area contributed by atoms with Crippen molar-refractivity contribution in [2.45, 2.75) is 74.8 Å². The molecule has 2 atom stereocenters. The number of thioether (sulfide) groups is 1. The SMILES string of the molecule is CC(C)(C)[S+]([O-])N[C@@](C)(CSC1(C#N)CCCCC1)c1cc([N+](=O)[O-])ccc1F. The normalized spacial score (nSPS) is 19.8. The molecule has 0 bridgehead atoms. The number of nitro groups is 1. The Morgan fingerprint density at radius 1 is 1.31 bits per heavy atom. The van der Waals surface area contributed by atoms with Crippen LogP contribution in [0, 0.1) is 27.3 Å². The first kappa shape index (κ1) is 23.9. The lowest BCUT2D eigenvalue weighted by molar-refractivity contribution is -0.385. The van der Waals surface area contributed by atoms with E-state index < -0.39 is 37.1 Å². The highest BCUT2D eigenvalue weighted by atomic mass is 32.2. The number of nitriles is 1. The summed E-state index contributed by atoms with van der Waals surface area (Å²) < 4.78 is 29.5. The predicted octanol–water partition coefficient (Wildman–Crippen LogP) is 4.96. The van der Waals surface area contributed by atoms with Gasteiger partial charge in [0.2, 0.25) is 0 Å². The van der Waals surface area contributed by atoms with E-state index in [1.54, 1.807) is 27.7 Å². The highest BCUT2D eigenvalue weighted by Gasteiger charge is 2.42. The fraction of sp³-hybridized carbons (Fsp3) is 0.650. The van der Waals surface area contributed by atoms with E-state index in [1.807, 2.05) is 0 Å². The largest absolute Gasteiger partial charge is 0.598 e. The van der Waals surface area contributed by atoms with Crippen molar-refractivity contribution >= 4 is 28.8 Å². The van der Waals surface area contributed by atoms with Gasteiger partial charge in [-0.25, -0.2) is 4.39 Å². The molecule has 1 aliphatic rings. The minimum Gasteiger partial charge on any atom is -0.598 e. The van der Waals surface area contributed by atoms with Crippen LogP contribution in [0.3, 0.4) is 0 Å². The van der Waals surface area contributed by atoms with E-state index in [-0.39, 0.29) is 17.0 Å². The molecule has 0 aliphatic heterocycles. The molecule has 6 nitrogen and oxygen atoms in total. The first-order valence-electron chi connectivity index (χ1n) is 9.62.